The average molecular weight is 242 g/mol. The second kappa shape index (κ2) is 4.42. The molecule has 0 spiro atoms. The normalized spacial score (nSPS) is 22.6. The number of aliphatic hydroxyl groups is 1. The third-order valence-corrected chi connectivity index (χ3v) is 3.52. The van der Waals surface area contributed by atoms with Gasteiger partial charge in [-0.15, -0.1) is 0 Å². The number of carbonyl (C=O) groups excluding carboxylic acids is 1. The molecule has 0 aliphatic carbocycles. The number of fused-ring (bicyclic) bond motifs is 1. The van der Waals surface area contributed by atoms with E-state index in [0.717, 1.165) is 5.56 Å². The van der Waals surface area contributed by atoms with Gasteiger partial charge in [-0.3, -0.25) is 4.79 Å². The van der Waals surface area contributed by atoms with Gasteiger partial charge in [-0.1, -0.05) is 42.5 Å². The minimum atomic E-state index is -0.357. The van der Waals surface area contributed by atoms with Crippen LogP contribution in [0.2, 0.25) is 0 Å². The number of cyclic esters (lactones) is 1. The van der Waals surface area contributed by atoms with Crippen LogP contribution in [0.5, 0.6) is 0 Å². The molecule has 0 bridgehead atoms. The van der Waals surface area contributed by atoms with E-state index < -0.39 is 0 Å². The number of benzene rings is 2. The van der Waals surface area contributed by atoms with Gasteiger partial charge in [-0.2, -0.15) is 0 Å². The Balaban J connectivity index is 1.89. The number of esters is 1. The summed E-state index contributed by atoms with van der Waals surface area (Å²) in [4.78, 5) is 11.1. The van der Waals surface area contributed by atoms with Crippen molar-refractivity contribution in [1.82, 2.24) is 0 Å². The maximum absolute atomic E-state index is 11.1. The molecule has 3 heteroatoms. The Bertz CT molecular complexity index is 586. The molecule has 1 aliphatic rings. The highest BCUT2D eigenvalue weighted by molar-refractivity contribution is 5.86. The van der Waals surface area contributed by atoms with E-state index in [9.17, 15) is 4.79 Å². The fraction of sp³-hybridized carbons (Fsp3) is 0.267. The summed E-state index contributed by atoms with van der Waals surface area (Å²) in [5.41, 5.74) is 1.16. The van der Waals surface area contributed by atoms with Crippen LogP contribution >= 0.6 is 0 Å². The zero-order valence-corrected chi connectivity index (χ0v) is 9.87. The second-order valence-corrected chi connectivity index (χ2v) is 4.61. The number of carbonyl (C=O) groups is 1. The van der Waals surface area contributed by atoms with E-state index in [0.29, 0.717) is 6.42 Å². The van der Waals surface area contributed by atoms with Crippen molar-refractivity contribution in [1.29, 1.82) is 0 Å². The smallest absolute Gasteiger partial charge is 0.315 e. The summed E-state index contributed by atoms with van der Waals surface area (Å²) in [6.45, 7) is -0.131. The van der Waals surface area contributed by atoms with Gasteiger partial charge in [-0.25, -0.2) is 0 Å². The molecule has 1 fully saturated rings. The van der Waals surface area contributed by atoms with Crippen molar-refractivity contribution in [2.45, 2.75) is 12.5 Å². The molecule has 18 heavy (non-hydrogen) atoms. The van der Waals surface area contributed by atoms with Crippen LogP contribution in [0.15, 0.2) is 42.5 Å². The van der Waals surface area contributed by atoms with Crippen molar-refractivity contribution in [2.75, 3.05) is 6.61 Å². The number of aliphatic hydroxyl groups excluding tert-OH is 1. The van der Waals surface area contributed by atoms with Crippen molar-refractivity contribution in [2.24, 2.45) is 5.92 Å². The van der Waals surface area contributed by atoms with Gasteiger partial charge < -0.3 is 9.84 Å². The van der Waals surface area contributed by atoms with Gasteiger partial charge in [0.15, 0.2) is 0 Å². The average Bonchev–Trinajstić information content (AvgIpc) is 2.39. The van der Waals surface area contributed by atoms with Crippen LogP contribution in [0.4, 0.5) is 0 Å². The van der Waals surface area contributed by atoms with Crippen LogP contribution in [0.25, 0.3) is 10.8 Å². The molecule has 2 aromatic rings. The zero-order valence-electron chi connectivity index (χ0n) is 9.87. The molecule has 1 aliphatic heterocycles. The molecule has 2 atom stereocenters. The summed E-state index contributed by atoms with van der Waals surface area (Å²) in [5, 5.41) is 11.5. The van der Waals surface area contributed by atoms with Crippen molar-refractivity contribution >= 4 is 16.7 Å². The first-order chi connectivity index (χ1) is 8.79. The Morgan fingerprint density at radius 1 is 1.11 bits per heavy atom. The van der Waals surface area contributed by atoms with Crippen molar-refractivity contribution in [3.8, 4) is 0 Å². The third-order valence-electron chi connectivity index (χ3n) is 3.52. The molecule has 3 nitrogen and oxygen atoms in total. The predicted molar refractivity (Wildman–Crippen MR) is 68.1 cm³/mol. The molecule has 0 unspecified atom stereocenters. The minimum absolute atomic E-state index is 0.131. The lowest BCUT2D eigenvalue weighted by molar-refractivity contribution is -0.187. The van der Waals surface area contributed by atoms with Gasteiger partial charge in [0.1, 0.15) is 12.0 Å². The lowest BCUT2D eigenvalue weighted by Gasteiger charge is -2.34. The lowest BCUT2D eigenvalue weighted by atomic mass is 9.90. The number of ether oxygens (including phenoxy) is 1. The van der Waals surface area contributed by atoms with Crippen molar-refractivity contribution < 1.29 is 14.6 Å². The third kappa shape index (κ3) is 1.77. The highest BCUT2D eigenvalue weighted by atomic mass is 16.6. The zero-order chi connectivity index (χ0) is 12.5. The summed E-state index contributed by atoms with van der Waals surface area (Å²) >= 11 is 0. The van der Waals surface area contributed by atoms with E-state index in [1.165, 1.54) is 10.8 Å². The van der Waals surface area contributed by atoms with Crippen LogP contribution in [0, 0.1) is 5.92 Å². The maximum Gasteiger partial charge on any atom is 0.315 e. The minimum Gasteiger partial charge on any atom is -0.461 e. The molecule has 1 heterocycles. The molecule has 0 aromatic heterocycles. The lowest BCUT2D eigenvalue weighted by Crippen LogP contribution is -2.48. The van der Waals surface area contributed by atoms with E-state index in [1.807, 2.05) is 24.3 Å². The fourth-order valence-corrected chi connectivity index (χ4v) is 2.46. The SMILES string of the molecule is O=C1O[C@@H](Cc2cccc3ccccc23)[C@@H]1CO. The topological polar surface area (TPSA) is 46.5 Å². The molecule has 92 valence electrons. The molecule has 0 amide bonds. The molecular weight excluding hydrogens is 228 g/mol. The molecule has 3 rings (SSSR count). The van der Waals surface area contributed by atoms with Gasteiger partial charge >= 0.3 is 5.97 Å². The monoisotopic (exact) mass is 242 g/mol. The Morgan fingerprint density at radius 2 is 1.89 bits per heavy atom. The molecule has 0 saturated carbocycles. The Hall–Kier alpha value is -1.87. The molecule has 1 N–H and O–H groups in total. The van der Waals surface area contributed by atoms with E-state index in [2.05, 4.69) is 18.2 Å². The summed E-state index contributed by atoms with van der Waals surface area (Å²) in [6, 6.07) is 14.3. The highest BCUT2D eigenvalue weighted by Gasteiger charge is 2.41. The first-order valence-corrected chi connectivity index (χ1v) is 6.07. The quantitative estimate of drug-likeness (QED) is 0.836. The summed E-state index contributed by atoms with van der Waals surface area (Å²) < 4.78 is 5.10. The largest absolute Gasteiger partial charge is 0.461 e. The van der Waals surface area contributed by atoms with Crippen LogP contribution < -0.4 is 0 Å². The standard InChI is InChI=1S/C15H14O3/c16-9-13-14(18-15(13)17)8-11-6-3-5-10-4-1-2-7-12(10)11/h1-7,13-14,16H,8-9H2/t13-,14-/m0/s1. The Morgan fingerprint density at radius 3 is 2.67 bits per heavy atom. The maximum atomic E-state index is 11.1. The molecular formula is C15H14O3. The predicted octanol–water partition coefficient (Wildman–Crippen LogP) is 1.92. The Labute approximate surface area is 105 Å². The fourth-order valence-electron chi connectivity index (χ4n) is 2.46. The van der Waals surface area contributed by atoms with E-state index in [4.69, 9.17) is 9.84 Å². The van der Waals surface area contributed by atoms with Gasteiger partial charge in [0.2, 0.25) is 0 Å². The summed E-state index contributed by atoms with van der Waals surface area (Å²) in [6.07, 6.45) is 0.478. The first-order valence-electron chi connectivity index (χ1n) is 6.07. The van der Waals surface area contributed by atoms with Crippen LogP contribution in [-0.2, 0) is 16.0 Å². The number of hydrogen-bond acceptors (Lipinski definition) is 3. The molecule has 2 aromatic carbocycles. The summed E-state index contributed by atoms with van der Waals surface area (Å²) in [7, 11) is 0. The van der Waals surface area contributed by atoms with Crippen LogP contribution in [-0.4, -0.2) is 23.8 Å². The van der Waals surface area contributed by atoms with Gasteiger partial charge in [0.05, 0.1) is 6.61 Å². The van der Waals surface area contributed by atoms with Crippen molar-refractivity contribution in [3.05, 3.63) is 48.0 Å². The molecule has 0 radical (unpaired) electrons. The van der Waals surface area contributed by atoms with Gasteiger partial charge in [-0.05, 0) is 16.3 Å². The highest BCUT2D eigenvalue weighted by Crippen LogP contribution is 2.28. The van der Waals surface area contributed by atoms with E-state index in [1.54, 1.807) is 0 Å². The van der Waals surface area contributed by atoms with Crippen molar-refractivity contribution in [3.63, 3.8) is 0 Å². The van der Waals surface area contributed by atoms with Crippen LogP contribution in [0.1, 0.15) is 5.56 Å². The van der Waals surface area contributed by atoms with Gasteiger partial charge in [0, 0.05) is 6.42 Å². The molecule has 1 saturated heterocycles. The summed E-state index contributed by atoms with van der Waals surface area (Å²) in [5.74, 6) is -0.647. The number of rotatable bonds is 3. The van der Waals surface area contributed by atoms with E-state index in [-0.39, 0.29) is 24.6 Å². The van der Waals surface area contributed by atoms with Gasteiger partial charge in [0.25, 0.3) is 0 Å². The Kier molecular flexibility index (Phi) is 2.76. The number of hydrogen-bond donors (Lipinski definition) is 1. The van der Waals surface area contributed by atoms with E-state index >= 15 is 0 Å². The second-order valence-electron chi connectivity index (χ2n) is 4.61. The van der Waals surface area contributed by atoms with Crippen LogP contribution in [0.3, 0.4) is 0 Å². The first kappa shape index (κ1) is 11.2.